The molecular formula is C24H23BrF4N2O3. The van der Waals surface area contributed by atoms with E-state index in [0.29, 0.717) is 11.0 Å². The molecule has 34 heavy (non-hydrogen) atoms. The quantitative estimate of drug-likeness (QED) is 0.569. The second kappa shape index (κ2) is 8.96. The van der Waals surface area contributed by atoms with Crippen molar-refractivity contribution in [3.63, 3.8) is 0 Å². The molecule has 2 aliphatic heterocycles. The van der Waals surface area contributed by atoms with Gasteiger partial charge in [0.2, 0.25) is 5.91 Å². The number of hydrogen-bond acceptors (Lipinski definition) is 3. The number of amides is 2. The first kappa shape index (κ1) is 24.7. The van der Waals surface area contributed by atoms with E-state index in [-0.39, 0.29) is 44.2 Å². The highest BCUT2D eigenvalue weighted by Crippen LogP contribution is 2.50. The number of rotatable bonds is 3. The molecule has 2 heterocycles. The summed E-state index contributed by atoms with van der Waals surface area (Å²) in [6.45, 7) is 0.231. The van der Waals surface area contributed by atoms with Crippen LogP contribution < -0.4 is 5.32 Å². The first-order chi connectivity index (χ1) is 16.0. The zero-order valence-corrected chi connectivity index (χ0v) is 19.6. The molecule has 2 atom stereocenters. The summed E-state index contributed by atoms with van der Waals surface area (Å²) in [4.78, 5) is 26.4. The maximum absolute atomic E-state index is 14.0. The van der Waals surface area contributed by atoms with Gasteiger partial charge in [-0.05, 0) is 48.1 Å². The van der Waals surface area contributed by atoms with Gasteiger partial charge in [0.1, 0.15) is 5.82 Å². The van der Waals surface area contributed by atoms with Crippen molar-refractivity contribution < 1.29 is 32.3 Å². The summed E-state index contributed by atoms with van der Waals surface area (Å²) in [5.74, 6) is -2.17. The molecule has 182 valence electrons. The van der Waals surface area contributed by atoms with E-state index >= 15 is 0 Å². The minimum absolute atomic E-state index is 0.0454. The number of halogens is 5. The third-order valence-corrected chi connectivity index (χ3v) is 7.53. The molecule has 0 saturated carbocycles. The lowest BCUT2D eigenvalue weighted by Gasteiger charge is -2.50. The Morgan fingerprint density at radius 3 is 2.35 bits per heavy atom. The maximum atomic E-state index is 14.0. The molecule has 1 spiro atoms. The molecule has 4 rings (SSSR count). The Morgan fingerprint density at radius 2 is 1.76 bits per heavy atom. The van der Waals surface area contributed by atoms with Crippen molar-refractivity contribution in [1.29, 1.82) is 0 Å². The summed E-state index contributed by atoms with van der Waals surface area (Å²) >= 11 is 3.09. The number of carbonyl (C=O) groups excluding carboxylic acids is 2. The van der Waals surface area contributed by atoms with E-state index in [0.717, 1.165) is 22.6 Å². The molecule has 0 radical (unpaired) electrons. The lowest BCUT2D eigenvalue weighted by atomic mass is 9.62. The summed E-state index contributed by atoms with van der Waals surface area (Å²) in [7, 11) is 0. The van der Waals surface area contributed by atoms with Crippen LogP contribution in [0.2, 0.25) is 0 Å². The summed E-state index contributed by atoms with van der Waals surface area (Å²) < 4.78 is 55.9. The van der Waals surface area contributed by atoms with E-state index < -0.39 is 34.5 Å². The molecule has 2 aromatic rings. The third-order valence-electron chi connectivity index (χ3n) is 7.04. The van der Waals surface area contributed by atoms with Crippen LogP contribution >= 0.6 is 15.9 Å². The van der Waals surface area contributed by atoms with Crippen molar-refractivity contribution in [3.8, 4) is 0 Å². The van der Waals surface area contributed by atoms with Crippen LogP contribution in [0, 0.1) is 11.2 Å². The Bertz CT molecular complexity index is 1080. The van der Waals surface area contributed by atoms with Crippen molar-refractivity contribution in [3.05, 3.63) is 69.9 Å². The van der Waals surface area contributed by atoms with E-state index in [1.807, 2.05) is 0 Å². The van der Waals surface area contributed by atoms with Gasteiger partial charge in [-0.15, -0.1) is 0 Å². The number of benzene rings is 2. The van der Waals surface area contributed by atoms with Crippen LogP contribution in [-0.2, 0) is 15.2 Å². The number of nitrogens with one attached hydrogen (secondary N) is 1. The number of carbonyl (C=O) groups is 2. The monoisotopic (exact) mass is 542 g/mol. The van der Waals surface area contributed by atoms with E-state index in [4.69, 9.17) is 0 Å². The summed E-state index contributed by atoms with van der Waals surface area (Å²) in [6.07, 6.45) is -4.52. The molecule has 2 fully saturated rings. The minimum atomic E-state index is -5.23. The van der Waals surface area contributed by atoms with Gasteiger partial charge in [0.25, 0.3) is 11.5 Å². The highest BCUT2D eigenvalue weighted by Gasteiger charge is 2.62. The molecule has 10 heteroatoms. The first-order valence-corrected chi connectivity index (χ1v) is 11.6. The predicted octanol–water partition coefficient (Wildman–Crippen LogP) is 4.25. The second-order valence-corrected chi connectivity index (χ2v) is 9.87. The summed E-state index contributed by atoms with van der Waals surface area (Å²) in [5, 5.41) is 13.5. The Labute approximate surface area is 202 Å². The molecule has 2 N–H and O–H groups in total. The normalized spacial score (nSPS) is 22.2. The van der Waals surface area contributed by atoms with Crippen molar-refractivity contribution >= 4 is 27.7 Å². The van der Waals surface area contributed by atoms with Crippen LogP contribution in [-0.4, -0.2) is 47.6 Å². The van der Waals surface area contributed by atoms with Crippen LogP contribution in [0.4, 0.5) is 17.6 Å². The first-order valence-electron chi connectivity index (χ1n) is 10.8. The molecule has 2 saturated heterocycles. The van der Waals surface area contributed by atoms with Gasteiger partial charge in [0.05, 0.1) is 0 Å². The van der Waals surface area contributed by atoms with Crippen molar-refractivity contribution in [2.75, 3.05) is 19.6 Å². The zero-order valence-electron chi connectivity index (χ0n) is 18.0. The molecule has 0 aliphatic carbocycles. The molecule has 0 bridgehead atoms. The number of aliphatic hydroxyl groups is 1. The lowest BCUT2D eigenvalue weighted by Crippen LogP contribution is -2.59. The smallest absolute Gasteiger partial charge is 0.369 e. The average molecular weight is 543 g/mol. The highest BCUT2D eigenvalue weighted by atomic mass is 79.9. The number of alkyl halides is 3. The molecular weight excluding hydrogens is 520 g/mol. The van der Waals surface area contributed by atoms with Crippen molar-refractivity contribution in [1.82, 2.24) is 10.2 Å². The molecule has 2 aliphatic rings. The number of likely N-dealkylation sites (tertiary alicyclic amines) is 1. The van der Waals surface area contributed by atoms with Gasteiger partial charge in [-0.3, -0.25) is 9.59 Å². The van der Waals surface area contributed by atoms with E-state index in [2.05, 4.69) is 21.2 Å². The highest BCUT2D eigenvalue weighted by molar-refractivity contribution is 9.10. The van der Waals surface area contributed by atoms with Gasteiger partial charge >= 0.3 is 6.18 Å². The van der Waals surface area contributed by atoms with Gasteiger partial charge < -0.3 is 15.3 Å². The lowest BCUT2D eigenvalue weighted by molar-refractivity contribution is -0.262. The van der Waals surface area contributed by atoms with Crippen molar-refractivity contribution in [2.24, 2.45) is 5.41 Å². The predicted molar refractivity (Wildman–Crippen MR) is 119 cm³/mol. The fourth-order valence-electron chi connectivity index (χ4n) is 5.14. The van der Waals surface area contributed by atoms with Gasteiger partial charge in [-0.25, -0.2) is 4.39 Å². The maximum Gasteiger partial charge on any atom is 0.430 e. The number of piperidine rings is 2. The Kier molecular flexibility index (Phi) is 6.50. The molecule has 2 aromatic carbocycles. The third kappa shape index (κ3) is 4.33. The molecule has 5 nitrogen and oxygen atoms in total. The Hall–Kier alpha value is -2.46. The fraction of sp³-hybridized carbons (Fsp3) is 0.417. The average Bonchev–Trinajstić information content (AvgIpc) is 2.79. The Balaban J connectivity index is 1.60. The SMILES string of the molecule is O=C1CC2(CCN(C(=O)C(O)(c3cccc(Br)c3)C(F)(F)F)CC2)[C@H](c2ccc(F)cc2)CN1. The van der Waals surface area contributed by atoms with Crippen LogP contribution in [0.3, 0.4) is 0 Å². The molecule has 1 unspecified atom stereocenters. The summed E-state index contributed by atoms with van der Waals surface area (Å²) in [5.41, 5.74) is -4.02. The summed E-state index contributed by atoms with van der Waals surface area (Å²) in [6, 6.07) is 10.9. The van der Waals surface area contributed by atoms with E-state index in [1.54, 1.807) is 12.1 Å². The zero-order chi connectivity index (χ0) is 24.7. The Morgan fingerprint density at radius 1 is 1.12 bits per heavy atom. The fourth-order valence-corrected chi connectivity index (χ4v) is 5.53. The largest absolute Gasteiger partial charge is 0.430 e. The van der Waals surface area contributed by atoms with Crippen LogP contribution in [0.25, 0.3) is 0 Å². The van der Waals surface area contributed by atoms with Crippen molar-refractivity contribution in [2.45, 2.75) is 37.0 Å². The topological polar surface area (TPSA) is 69.6 Å². The van der Waals surface area contributed by atoms with Gasteiger partial charge in [0, 0.05) is 42.0 Å². The van der Waals surface area contributed by atoms with Crippen LogP contribution in [0.15, 0.2) is 53.0 Å². The number of hydrogen-bond donors (Lipinski definition) is 2. The molecule has 2 amide bonds. The van der Waals surface area contributed by atoms with Gasteiger partial charge in [0.15, 0.2) is 0 Å². The minimum Gasteiger partial charge on any atom is -0.369 e. The van der Waals surface area contributed by atoms with E-state index in [1.165, 1.54) is 24.3 Å². The van der Waals surface area contributed by atoms with Gasteiger partial charge in [-0.2, -0.15) is 13.2 Å². The van der Waals surface area contributed by atoms with Crippen LogP contribution in [0.5, 0.6) is 0 Å². The molecule has 0 aromatic heterocycles. The van der Waals surface area contributed by atoms with Gasteiger partial charge in [-0.1, -0.05) is 40.2 Å². The van der Waals surface area contributed by atoms with Crippen LogP contribution in [0.1, 0.15) is 36.3 Å². The second-order valence-electron chi connectivity index (χ2n) is 8.96. The standard InChI is InChI=1S/C24H23BrF4N2O3/c25-17-3-1-2-16(12-17)23(34,24(27,28)29)21(33)31-10-8-22(9-11-31)13-20(32)30-14-19(22)15-4-6-18(26)7-5-15/h1-7,12,19,34H,8-11,13-14H2,(H,30,32)/t19-,23?/m0/s1. The van der Waals surface area contributed by atoms with E-state index in [9.17, 15) is 32.3 Å². The number of nitrogens with zero attached hydrogens (tertiary/aromatic N) is 1.